The van der Waals surface area contributed by atoms with Gasteiger partial charge in [-0.05, 0) is 56.0 Å². The highest BCUT2D eigenvalue weighted by Crippen LogP contribution is 2.20. The van der Waals surface area contributed by atoms with Gasteiger partial charge >= 0.3 is 0 Å². The van der Waals surface area contributed by atoms with E-state index in [1.165, 1.54) is 6.42 Å². The summed E-state index contributed by atoms with van der Waals surface area (Å²) >= 11 is 3.40. The number of hydrogen-bond acceptors (Lipinski definition) is 3. The van der Waals surface area contributed by atoms with Crippen LogP contribution in [0.5, 0.6) is 5.75 Å². The molecule has 0 aliphatic heterocycles. The largest absolute Gasteiger partial charge is 0.484 e. The van der Waals surface area contributed by atoms with Gasteiger partial charge in [-0.25, -0.2) is 0 Å². The number of nitrogens with zero attached hydrogens (tertiary/aromatic N) is 1. The Morgan fingerprint density at radius 2 is 1.72 bits per heavy atom. The summed E-state index contributed by atoms with van der Waals surface area (Å²) in [6.45, 7) is 4.25. The van der Waals surface area contributed by atoms with Gasteiger partial charge in [0.25, 0.3) is 5.91 Å². The second kappa shape index (κ2) is 12.0. The van der Waals surface area contributed by atoms with Gasteiger partial charge in [-0.1, -0.05) is 71.9 Å². The van der Waals surface area contributed by atoms with Crippen molar-refractivity contribution in [2.24, 2.45) is 0 Å². The highest BCUT2D eigenvalue weighted by Gasteiger charge is 2.30. The summed E-state index contributed by atoms with van der Waals surface area (Å²) < 4.78 is 6.69. The summed E-state index contributed by atoms with van der Waals surface area (Å²) in [5.41, 5.74) is 2.16. The minimum Gasteiger partial charge on any atom is -0.484 e. The number of amides is 2. The van der Waals surface area contributed by atoms with Gasteiger partial charge in [-0.2, -0.15) is 0 Å². The Morgan fingerprint density at radius 1 is 1.06 bits per heavy atom. The van der Waals surface area contributed by atoms with Crippen LogP contribution < -0.4 is 10.1 Å². The molecule has 32 heavy (non-hydrogen) atoms. The van der Waals surface area contributed by atoms with Gasteiger partial charge < -0.3 is 15.0 Å². The molecule has 1 fully saturated rings. The molecular formula is C26H33BrN2O3. The van der Waals surface area contributed by atoms with E-state index in [2.05, 4.69) is 21.2 Å². The van der Waals surface area contributed by atoms with Crippen molar-refractivity contribution < 1.29 is 14.3 Å². The molecule has 0 radical (unpaired) electrons. The average Bonchev–Trinajstić information content (AvgIpc) is 2.80. The van der Waals surface area contributed by atoms with E-state index in [1.807, 2.05) is 62.4 Å². The molecule has 3 rings (SSSR count). The van der Waals surface area contributed by atoms with Crippen LogP contribution in [-0.2, 0) is 16.1 Å². The van der Waals surface area contributed by atoms with Crippen LogP contribution in [0.3, 0.4) is 0 Å². The Bertz CT molecular complexity index is 877. The lowest BCUT2D eigenvalue weighted by Gasteiger charge is -2.32. The first kappa shape index (κ1) is 24.3. The Kier molecular flexibility index (Phi) is 9.15. The third-order valence-corrected chi connectivity index (χ3v) is 6.52. The van der Waals surface area contributed by atoms with Crippen molar-refractivity contribution in [1.82, 2.24) is 10.2 Å². The topological polar surface area (TPSA) is 58.6 Å². The fourth-order valence-corrected chi connectivity index (χ4v) is 4.38. The highest BCUT2D eigenvalue weighted by molar-refractivity contribution is 9.10. The molecule has 0 unspecified atom stereocenters. The monoisotopic (exact) mass is 500 g/mol. The van der Waals surface area contributed by atoms with Crippen molar-refractivity contribution in [3.8, 4) is 5.75 Å². The average molecular weight is 501 g/mol. The summed E-state index contributed by atoms with van der Waals surface area (Å²) in [6, 6.07) is 15.1. The number of rotatable bonds is 9. The number of nitrogens with one attached hydrogen (secondary N) is 1. The Morgan fingerprint density at radius 3 is 2.34 bits per heavy atom. The van der Waals surface area contributed by atoms with Crippen molar-refractivity contribution >= 4 is 27.7 Å². The maximum absolute atomic E-state index is 13.3. The lowest BCUT2D eigenvalue weighted by Crippen LogP contribution is -2.52. The van der Waals surface area contributed by atoms with Crippen LogP contribution in [0.2, 0.25) is 0 Å². The number of aryl methyl sites for hydroxylation is 1. The van der Waals surface area contributed by atoms with E-state index in [9.17, 15) is 9.59 Å². The minimum atomic E-state index is -0.528. The first-order valence-corrected chi connectivity index (χ1v) is 12.3. The fraction of sp³-hybridized carbons (Fsp3) is 0.462. The van der Waals surface area contributed by atoms with Crippen LogP contribution >= 0.6 is 15.9 Å². The molecule has 2 aromatic rings. The van der Waals surface area contributed by atoms with Crippen LogP contribution in [0.1, 0.15) is 56.6 Å². The molecule has 1 N–H and O–H groups in total. The standard InChI is InChI=1S/C26H33BrN2O3/c1-3-24(26(31)28-22-7-5-4-6-8-22)29(17-20-11-9-19(2)10-12-20)25(30)18-32-23-15-13-21(27)14-16-23/h9-16,22,24H,3-8,17-18H2,1-2H3,(H,28,31)/t24-/m0/s1. The third kappa shape index (κ3) is 7.09. The molecule has 172 valence electrons. The molecule has 0 heterocycles. The zero-order valence-corrected chi connectivity index (χ0v) is 20.6. The zero-order valence-electron chi connectivity index (χ0n) is 19.0. The molecule has 0 aromatic heterocycles. The molecule has 0 spiro atoms. The second-order valence-electron chi connectivity index (χ2n) is 8.52. The van der Waals surface area contributed by atoms with Crippen molar-refractivity contribution in [1.29, 1.82) is 0 Å². The van der Waals surface area contributed by atoms with Crippen molar-refractivity contribution in [2.45, 2.75) is 71.0 Å². The van der Waals surface area contributed by atoms with Gasteiger partial charge in [0, 0.05) is 17.1 Å². The number of hydrogen-bond donors (Lipinski definition) is 1. The summed E-state index contributed by atoms with van der Waals surface area (Å²) in [6.07, 6.45) is 6.11. The van der Waals surface area contributed by atoms with Crippen LogP contribution in [0.25, 0.3) is 0 Å². The fourth-order valence-electron chi connectivity index (χ4n) is 4.11. The summed E-state index contributed by atoms with van der Waals surface area (Å²) in [5, 5.41) is 3.20. The smallest absolute Gasteiger partial charge is 0.261 e. The number of halogens is 1. The number of carbonyl (C=O) groups excluding carboxylic acids is 2. The predicted octanol–water partition coefficient (Wildman–Crippen LogP) is 5.39. The zero-order chi connectivity index (χ0) is 22.9. The van der Waals surface area contributed by atoms with Crippen molar-refractivity contribution in [3.63, 3.8) is 0 Å². The van der Waals surface area contributed by atoms with Gasteiger partial charge in [0.2, 0.25) is 5.91 Å². The molecule has 0 bridgehead atoms. The maximum atomic E-state index is 13.3. The van der Waals surface area contributed by atoms with Crippen molar-refractivity contribution in [2.75, 3.05) is 6.61 Å². The lowest BCUT2D eigenvalue weighted by molar-refractivity contribution is -0.143. The molecule has 1 saturated carbocycles. The van der Waals surface area contributed by atoms with Gasteiger partial charge in [0.1, 0.15) is 11.8 Å². The molecule has 5 nitrogen and oxygen atoms in total. The molecule has 2 aromatic carbocycles. The SMILES string of the molecule is CC[C@@H](C(=O)NC1CCCCC1)N(Cc1ccc(C)cc1)C(=O)COc1ccc(Br)cc1. The quantitative estimate of drug-likeness (QED) is 0.501. The summed E-state index contributed by atoms with van der Waals surface area (Å²) in [7, 11) is 0. The van der Waals surface area contributed by atoms with E-state index in [4.69, 9.17) is 4.74 Å². The van der Waals surface area contributed by atoms with Crippen LogP contribution in [0.4, 0.5) is 0 Å². The van der Waals surface area contributed by atoms with E-state index in [0.29, 0.717) is 18.7 Å². The van der Waals surface area contributed by atoms with Gasteiger partial charge in [0.15, 0.2) is 6.61 Å². The van der Waals surface area contributed by atoms with E-state index in [0.717, 1.165) is 41.3 Å². The molecule has 2 amide bonds. The van der Waals surface area contributed by atoms with Crippen LogP contribution in [0, 0.1) is 6.92 Å². The second-order valence-corrected chi connectivity index (χ2v) is 9.43. The Labute approximate surface area is 199 Å². The number of carbonyl (C=O) groups is 2. The lowest BCUT2D eigenvalue weighted by atomic mass is 9.95. The minimum absolute atomic E-state index is 0.0662. The molecular weight excluding hydrogens is 468 g/mol. The maximum Gasteiger partial charge on any atom is 0.261 e. The van der Waals surface area contributed by atoms with E-state index in [-0.39, 0.29) is 24.5 Å². The van der Waals surface area contributed by atoms with E-state index in [1.54, 1.807) is 4.90 Å². The molecule has 1 atom stereocenters. The number of ether oxygens (including phenoxy) is 1. The van der Waals surface area contributed by atoms with Crippen LogP contribution in [0.15, 0.2) is 53.0 Å². The van der Waals surface area contributed by atoms with Gasteiger partial charge in [0.05, 0.1) is 0 Å². The van der Waals surface area contributed by atoms with E-state index < -0.39 is 6.04 Å². The third-order valence-electron chi connectivity index (χ3n) is 5.99. The van der Waals surface area contributed by atoms with Crippen LogP contribution in [-0.4, -0.2) is 35.4 Å². The van der Waals surface area contributed by atoms with Gasteiger partial charge in [-0.15, -0.1) is 0 Å². The molecule has 0 saturated heterocycles. The molecule has 1 aliphatic carbocycles. The molecule has 1 aliphatic rings. The molecule has 6 heteroatoms. The summed E-state index contributed by atoms with van der Waals surface area (Å²) in [4.78, 5) is 28.1. The first-order chi connectivity index (χ1) is 15.5. The summed E-state index contributed by atoms with van der Waals surface area (Å²) in [5.74, 6) is 0.360. The predicted molar refractivity (Wildman–Crippen MR) is 130 cm³/mol. The van der Waals surface area contributed by atoms with Gasteiger partial charge in [-0.3, -0.25) is 9.59 Å². The highest BCUT2D eigenvalue weighted by atomic mass is 79.9. The van der Waals surface area contributed by atoms with Crippen molar-refractivity contribution in [3.05, 3.63) is 64.1 Å². The first-order valence-electron chi connectivity index (χ1n) is 11.5. The number of benzene rings is 2. The Balaban J connectivity index is 1.73. The van der Waals surface area contributed by atoms with E-state index >= 15 is 0 Å². The normalized spacial score (nSPS) is 15.1. The Hall–Kier alpha value is -2.34.